The summed E-state index contributed by atoms with van der Waals surface area (Å²) in [7, 11) is -2.82. The van der Waals surface area contributed by atoms with Gasteiger partial charge in [-0.2, -0.15) is 11.8 Å². The van der Waals surface area contributed by atoms with E-state index in [1.54, 1.807) is 11.8 Å². The normalized spacial score (nSPS) is 13.4. The highest BCUT2D eigenvalue weighted by atomic mass is 32.2. The summed E-state index contributed by atoms with van der Waals surface area (Å²) in [6.45, 7) is 6.48. The second kappa shape index (κ2) is 8.89. The highest BCUT2D eigenvalue weighted by Crippen LogP contribution is 2.37. The van der Waals surface area contributed by atoms with Gasteiger partial charge in [0.15, 0.2) is 0 Å². The van der Waals surface area contributed by atoms with Gasteiger partial charge in [-0.25, -0.2) is 4.79 Å². The third-order valence-electron chi connectivity index (χ3n) is 4.60. The zero-order valence-electron chi connectivity index (χ0n) is 15.9. The molecule has 1 atom stereocenters. The van der Waals surface area contributed by atoms with Gasteiger partial charge in [0, 0.05) is 0 Å². The van der Waals surface area contributed by atoms with E-state index < -0.39 is 20.4 Å². The maximum absolute atomic E-state index is 12.0. The molecule has 3 nitrogen and oxygen atoms in total. The van der Waals surface area contributed by atoms with Gasteiger partial charge in [-0.3, -0.25) is 0 Å². The van der Waals surface area contributed by atoms with Crippen molar-refractivity contribution in [1.82, 2.24) is 0 Å². The molecule has 0 aliphatic rings. The Labute approximate surface area is 161 Å². The van der Waals surface area contributed by atoms with E-state index in [1.807, 2.05) is 42.7 Å². The Bertz CT molecular complexity index is 659. The summed E-state index contributed by atoms with van der Waals surface area (Å²) in [6.07, 6.45) is 1.68. The van der Waals surface area contributed by atoms with Crippen LogP contribution in [0.25, 0.3) is 0 Å². The monoisotopic (exact) mass is 388 g/mol. The molecular formula is C21H28O3SSi. The molecule has 2 rings (SSSR count). The standard InChI is InChI=1S/C21H28O3SSi/c1-21(2,3)26(17-11-7-5-8-12-17,18-13-9-6-10-14-18)24-19(20(22)23)15-16-25-4/h5-14,19H,15-16H2,1-4H3,(H,22,23). The third-order valence-corrected chi connectivity index (χ3v) is 10.3. The van der Waals surface area contributed by atoms with Crippen molar-refractivity contribution in [3.8, 4) is 0 Å². The lowest BCUT2D eigenvalue weighted by Crippen LogP contribution is -2.68. The quantitative estimate of drug-likeness (QED) is 0.699. The Morgan fingerprint density at radius 3 is 1.85 bits per heavy atom. The number of carbonyl (C=O) groups is 1. The van der Waals surface area contributed by atoms with Gasteiger partial charge in [0.2, 0.25) is 0 Å². The number of rotatable bonds is 8. The largest absolute Gasteiger partial charge is 0.479 e. The molecule has 2 aromatic carbocycles. The maximum Gasteiger partial charge on any atom is 0.331 e. The first kappa shape index (κ1) is 20.7. The summed E-state index contributed by atoms with van der Waals surface area (Å²) in [5, 5.41) is 11.8. The van der Waals surface area contributed by atoms with Crippen LogP contribution >= 0.6 is 11.8 Å². The fraction of sp³-hybridized carbons (Fsp3) is 0.381. The van der Waals surface area contributed by atoms with Crippen molar-refractivity contribution in [3.05, 3.63) is 60.7 Å². The van der Waals surface area contributed by atoms with Crippen molar-refractivity contribution in [3.63, 3.8) is 0 Å². The summed E-state index contributed by atoms with van der Waals surface area (Å²) < 4.78 is 6.66. The first-order valence-electron chi connectivity index (χ1n) is 8.83. The van der Waals surface area contributed by atoms with Crippen LogP contribution in [0.15, 0.2) is 60.7 Å². The second-order valence-electron chi connectivity index (χ2n) is 7.39. The minimum Gasteiger partial charge on any atom is -0.479 e. The Hall–Kier alpha value is -1.56. The van der Waals surface area contributed by atoms with E-state index in [-0.39, 0.29) is 5.04 Å². The predicted octanol–water partition coefficient (Wildman–Crippen LogP) is 3.77. The molecule has 1 N–H and O–H groups in total. The molecule has 0 amide bonds. The molecule has 0 saturated carbocycles. The zero-order chi connectivity index (χ0) is 19.2. The first-order valence-corrected chi connectivity index (χ1v) is 12.1. The number of hydrogen-bond donors (Lipinski definition) is 1. The van der Waals surface area contributed by atoms with Gasteiger partial charge in [0.25, 0.3) is 8.32 Å². The van der Waals surface area contributed by atoms with E-state index in [0.29, 0.717) is 6.42 Å². The van der Waals surface area contributed by atoms with Crippen LogP contribution in [-0.4, -0.2) is 37.5 Å². The van der Waals surface area contributed by atoms with Crippen LogP contribution in [0, 0.1) is 0 Å². The molecule has 0 spiro atoms. The van der Waals surface area contributed by atoms with Crippen LogP contribution in [0.4, 0.5) is 0 Å². The minimum atomic E-state index is -2.82. The summed E-state index contributed by atoms with van der Waals surface area (Å²) in [5.74, 6) is -0.123. The zero-order valence-corrected chi connectivity index (χ0v) is 17.8. The predicted molar refractivity (Wildman–Crippen MR) is 113 cm³/mol. The maximum atomic E-state index is 12.0. The average molecular weight is 389 g/mol. The van der Waals surface area contributed by atoms with Gasteiger partial charge >= 0.3 is 5.97 Å². The summed E-state index contributed by atoms with van der Waals surface area (Å²) >= 11 is 1.64. The van der Waals surface area contributed by atoms with Gasteiger partial charge in [0.1, 0.15) is 6.10 Å². The molecule has 2 aromatic rings. The van der Waals surface area contributed by atoms with Crippen molar-refractivity contribution in [2.75, 3.05) is 12.0 Å². The number of hydrogen-bond acceptors (Lipinski definition) is 3. The molecular weight excluding hydrogens is 360 g/mol. The fourth-order valence-electron chi connectivity index (χ4n) is 3.36. The van der Waals surface area contributed by atoms with E-state index in [0.717, 1.165) is 16.1 Å². The van der Waals surface area contributed by atoms with E-state index in [4.69, 9.17) is 4.43 Å². The lowest BCUT2D eigenvalue weighted by molar-refractivity contribution is -0.145. The molecule has 0 aromatic heterocycles. The number of carboxylic acids is 1. The Balaban J connectivity index is 2.65. The average Bonchev–Trinajstić information content (AvgIpc) is 2.62. The summed E-state index contributed by atoms with van der Waals surface area (Å²) in [4.78, 5) is 12.0. The topological polar surface area (TPSA) is 46.5 Å². The molecule has 140 valence electrons. The van der Waals surface area contributed by atoms with Crippen LogP contribution in [0.1, 0.15) is 27.2 Å². The van der Waals surface area contributed by atoms with Crippen molar-refractivity contribution in [2.24, 2.45) is 0 Å². The number of thioether (sulfide) groups is 1. The summed E-state index contributed by atoms with van der Waals surface area (Å²) in [5.41, 5.74) is 0. The van der Waals surface area contributed by atoms with Crippen LogP contribution in [0.2, 0.25) is 5.04 Å². The minimum absolute atomic E-state index is 0.219. The van der Waals surface area contributed by atoms with Crippen LogP contribution < -0.4 is 10.4 Å². The van der Waals surface area contributed by atoms with Gasteiger partial charge in [-0.1, -0.05) is 81.4 Å². The summed E-state index contributed by atoms with van der Waals surface area (Å²) in [6, 6.07) is 20.3. The highest BCUT2D eigenvalue weighted by Gasteiger charge is 2.52. The molecule has 0 heterocycles. The molecule has 0 saturated heterocycles. The van der Waals surface area contributed by atoms with Gasteiger partial charge in [-0.05, 0) is 33.8 Å². The highest BCUT2D eigenvalue weighted by molar-refractivity contribution is 7.98. The molecule has 0 fully saturated rings. The van der Waals surface area contributed by atoms with Crippen molar-refractivity contribution >= 4 is 36.4 Å². The van der Waals surface area contributed by atoms with E-state index >= 15 is 0 Å². The Morgan fingerprint density at radius 2 is 1.50 bits per heavy atom. The van der Waals surface area contributed by atoms with Gasteiger partial charge in [0.05, 0.1) is 0 Å². The molecule has 0 radical (unpaired) electrons. The third kappa shape index (κ3) is 4.39. The second-order valence-corrected chi connectivity index (χ2v) is 12.6. The van der Waals surface area contributed by atoms with Crippen LogP contribution in [0.5, 0.6) is 0 Å². The van der Waals surface area contributed by atoms with Crippen molar-refractivity contribution in [1.29, 1.82) is 0 Å². The number of benzene rings is 2. The molecule has 0 aliphatic heterocycles. The van der Waals surface area contributed by atoms with Crippen molar-refractivity contribution < 1.29 is 14.3 Å². The first-order chi connectivity index (χ1) is 12.3. The molecule has 0 aliphatic carbocycles. The number of carboxylic acid groups (broad SMARTS) is 1. The lowest BCUT2D eigenvalue weighted by atomic mass is 10.2. The Kier molecular flexibility index (Phi) is 7.09. The van der Waals surface area contributed by atoms with Gasteiger partial charge < -0.3 is 9.53 Å². The molecule has 1 unspecified atom stereocenters. The molecule has 0 bridgehead atoms. The Morgan fingerprint density at radius 1 is 1.04 bits per heavy atom. The van der Waals surface area contributed by atoms with Crippen molar-refractivity contribution in [2.45, 2.75) is 38.3 Å². The van der Waals surface area contributed by atoms with Gasteiger partial charge in [-0.15, -0.1) is 0 Å². The van der Waals surface area contributed by atoms with Crippen LogP contribution in [-0.2, 0) is 9.22 Å². The molecule has 5 heteroatoms. The van der Waals surface area contributed by atoms with E-state index in [2.05, 4.69) is 45.0 Å². The smallest absolute Gasteiger partial charge is 0.331 e. The van der Waals surface area contributed by atoms with E-state index in [9.17, 15) is 9.90 Å². The lowest BCUT2D eigenvalue weighted by Gasteiger charge is -2.44. The van der Waals surface area contributed by atoms with Crippen LogP contribution in [0.3, 0.4) is 0 Å². The number of aliphatic carboxylic acids is 1. The SMILES string of the molecule is CSCCC(O[Si](c1ccccc1)(c1ccccc1)C(C)(C)C)C(=O)O. The fourth-order valence-corrected chi connectivity index (χ4v) is 8.47. The van der Waals surface area contributed by atoms with E-state index in [1.165, 1.54) is 0 Å². The molecule has 26 heavy (non-hydrogen) atoms.